The van der Waals surface area contributed by atoms with Crippen molar-refractivity contribution in [3.8, 4) is 50.2 Å². The number of para-hydroxylation sites is 1. The third-order valence-corrected chi connectivity index (χ3v) is 13.8. The van der Waals surface area contributed by atoms with Crippen LogP contribution in [0.4, 0.5) is 17.1 Å². The second kappa shape index (κ2) is 16.5. The van der Waals surface area contributed by atoms with Gasteiger partial charge in [0.05, 0.1) is 16.7 Å². The summed E-state index contributed by atoms with van der Waals surface area (Å²) in [7, 11) is 0. The molecule has 2 heteroatoms. The summed E-state index contributed by atoms with van der Waals surface area (Å²) >= 11 is 0. The maximum absolute atomic E-state index is 2.42. The predicted octanol–water partition coefficient (Wildman–Crippen LogP) is 18.4. The smallest absolute Gasteiger partial charge is 0.0541 e. The Morgan fingerprint density at radius 2 is 0.662 bits per heavy atom. The first kappa shape index (κ1) is 39.4. The largest absolute Gasteiger partial charge is 0.310 e. The van der Waals surface area contributed by atoms with Gasteiger partial charge in [0.2, 0.25) is 0 Å². The number of anilines is 3. The summed E-state index contributed by atoms with van der Waals surface area (Å²) in [6.07, 6.45) is 0. The van der Waals surface area contributed by atoms with Crippen LogP contribution in [0.1, 0.15) is 0 Å². The van der Waals surface area contributed by atoms with E-state index in [2.05, 4.69) is 276 Å². The fraction of sp³-hybridized carbons (Fsp3) is 0. The van der Waals surface area contributed by atoms with Crippen molar-refractivity contribution in [3.05, 3.63) is 267 Å². The Bertz CT molecular complexity index is 3830. The Kier molecular flexibility index (Phi) is 9.54. The molecule has 13 rings (SSSR count). The fourth-order valence-corrected chi connectivity index (χ4v) is 10.7. The first-order valence-corrected chi connectivity index (χ1v) is 23.4. The van der Waals surface area contributed by atoms with E-state index in [4.69, 9.17) is 0 Å². The van der Waals surface area contributed by atoms with Crippen molar-refractivity contribution in [1.82, 2.24) is 4.57 Å². The van der Waals surface area contributed by atoms with E-state index in [0.29, 0.717) is 0 Å². The Morgan fingerprint density at radius 1 is 0.250 bits per heavy atom. The minimum atomic E-state index is 1.08. The summed E-state index contributed by atoms with van der Waals surface area (Å²) in [6, 6.07) is 97.4. The monoisotopic (exact) mass is 864 g/mol. The molecule has 0 spiro atoms. The second-order valence-corrected chi connectivity index (χ2v) is 17.6. The number of benzene rings is 12. The van der Waals surface area contributed by atoms with E-state index in [1.807, 2.05) is 0 Å². The van der Waals surface area contributed by atoms with Crippen LogP contribution >= 0.6 is 0 Å². The minimum Gasteiger partial charge on any atom is -0.310 e. The number of rotatable bonds is 8. The van der Waals surface area contributed by atoms with Crippen molar-refractivity contribution in [1.29, 1.82) is 0 Å². The van der Waals surface area contributed by atoms with E-state index in [-0.39, 0.29) is 0 Å². The van der Waals surface area contributed by atoms with E-state index >= 15 is 0 Å². The molecule has 0 fully saturated rings. The van der Waals surface area contributed by atoms with Crippen molar-refractivity contribution in [2.75, 3.05) is 4.90 Å². The maximum atomic E-state index is 2.42. The van der Waals surface area contributed by atoms with Crippen molar-refractivity contribution >= 4 is 71.2 Å². The second-order valence-electron chi connectivity index (χ2n) is 17.6. The third kappa shape index (κ3) is 6.57. The Labute approximate surface area is 395 Å². The van der Waals surface area contributed by atoms with Crippen molar-refractivity contribution < 1.29 is 0 Å². The summed E-state index contributed by atoms with van der Waals surface area (Å²) in [4.78, 5) is 2.41. The van der Waals surface area contributed by atoms with Crippen LogP contribution in [0.5, 0.6) is 0 Å². The predicted molar refractivity (Wildman–Crippen MR) is 290 cm³/mol. The maximum Gasteiger partial charge on any atom is 0.0541 e. The summed E-state index contributed by atoms with van der Waals surface area (Å²) in [6.45, 7) is 0. The summed E-state index contributed by atoms with van der Waals surface area (Å²) in [5.74, 6) is 0. The van der Waals surface area contributed by atoms with E-state index in [0.717, 1.165) is 22.7 Å². The van der Waals surface area contributed by atoms with Gasteiger partial charge in [0.25, 0.3) is 0 Å². The lowest BCUT2D eigenvalue weighted by atomic mass is 9.84. The minimum absolute atomic E-state index is 1.08. The molecule has 0 saturated heterocycles. The zero-order valence-electron chi connectivity index (χ0n) is 37.3. The van der Waals surface area contributed by atoms with Crippen LogP contribution in [-0.4, -0.2) is 4.57 Å². The molecular weight excluding hydrogens is 821 g/mol. The first-order valence-electron chi connectivity index (χ1n) is 23.4. The molecule has 0 radical (unpaired) electrons. The van der Waals surface area contributed by atoms with Gasteiger partial charge in [-0.3, -0.25) is 0 Å². The molecule has 0 atom stereocenters. The molecule has 68 heavy (non-hydrogen) atoms. The Balaban J connectivity index is 0.974. The average Bonchev–Trinajstić information content (AvgIpc) is 3.74. The lowest BCUT2D eigenvalue weighted by molar-refractivity contribution is 1.17. The summed E-state index contributed by atoms with van der Waals surface area (Å²) in [5, 5.41) is 9.86. The molecule has 2 nitrogen and oxygen atoms in total. The summed E-state index contributed by atoms with van der Waals surface area (Å²) < 4.78 is 2.42. The topological polar surface area (TPSA) is 8.17 Å². The van der Waals surface area contributed by atoms with Crippen molar-refractivity contribution in [2.45, 2.75) is 0 Å². The van der Waals surface area contributed by atoms with Gasteiger partial charge in [-0.1, -0.05) is 200 Å². The molecule has 0 saturated carbocycles. The van der Waals surface area contributed by atoms with E-state index < -0.39 is 0 Å². The number of hydrogen-bond acceptors (Lipinski definition) is 1. The molecule has 13 aromatic rings. The highest BCUT2D eigenvalue weighted by Crippen LogP contribution is 2.48. The molecule has 0 aliphatic carbocycles. The lowest BCUT2D eigenvalue weighted by Crippen LogP contribution is -2.10. The van der Waals surface area contributed by atoms with Crippen molar-refractivity contribution in [2.24, 2.45) is 0 Å². The van der Waals surface area contributed by atoms with Gasteiger partial charge in [-0.15, -0.1) is 0 Å². The van der Waals surface area contributed by atoms with E-state index in [1.165, 1.54) is 98.6 Å². The number of nitrogens with zero attached hydrogens (tertiary/aromatic N) is 2. The van der Waals surface area contributed by atoms with Gasteiger partial charge < -0.3 is 9.47 Å². The van der Waals surface area contributed by atoms with Crippen LogP contribution in [0.2, 0.25) is 0 Å². The first-order chi connectivity index (χ1) is 33.8. The van der Waals surface area contributed by atoms with Crippen LogP contribution in [0.3, 0.4) is 0 Å². The highest BCUT2D eigenvalue weighted by atomic mass is 15.1. The van der Waals surface area contributed by atoms with Crippen LogP contribution < -0.4 is 4.90 Å². The molecule has 0 bridgehead atoms. The SMILES string of the molecule is c1ccc(-c2ccc3c(c2)c2cc(-c4ccccc4)ccc2n3-c2ccc(N(c3ccccc3)c3ccc(-c4c5ccccc5c(-c5ccccc5)c5ccccc45)c4ccccc34)cc2)cc1. The Morgan fingerprint density at radius 3 is 1.18 bits per heavy atom. The molecule has 0 aliphatic heterocycles. The standard InChI is InChI=1S/C66H44N2/c1-5-19-45(20-6-1)48-33-40-63-60(43-48)61-44-49(46-21-7-2-8-22-46)34-41-64(61)68(63)52-37-35-51(36-38-52)67(50-25-11-4-12-26-50)62-42-39-59(53-27-13-14-28-54(53)62)66-57-31-17-15-29-55(57)65(47-23-9-3-10-24-47)56-30-16-18-32-58(56)66/h1-44H. The third-order valence-electron chi connectivity index (χ3n) is 13.8. The van der Waals surface area contributed by atoms with Gasteiger partial charge in [0, 0.05) is 33.2 Å². The molecule has 0 aliphatic rings. The van der Waals surface area contributed by atoms with Crippen LogP contribution in [0.25, 0.3) is 104 Å². The fourth-order valence-electron chi connectivity index (χ4n) is 10.7. The van der Waals surface area contributed by atoms with Gasteiger partial charge in [0.15, 0.2) is 0 Å². The number of fused-ring (bicyclic) bond motifs is 6. The molecule has 0 N–H and O–H groups in total. The van der Waals surface area contributed by atoms with Crippen LogP contribution in [0, 0.1) is 0 Å². The molecule has 1 aromatic heterocycles. The average molecular weight is 865 g/mol. The Hall–Kier alpha value is -8.98. The molecule has 1 heterocycles. The lowest BCUT2D eigenvalue weighted by Gasteiger charge is -2.28. The molecule has 318 valence electrons. The van der Waals surface area contributed by atoms with E-state index in [1.54, 1.807) is 0 Å². The highest BCUT2D eigenvalue weighted by molar-refractivity contribution is 6.24. The number of aromatic nitrogens is 1. The summed E-state index contributed by atoms with van der Waals surface area (Å²) in [5.41, 5.74) is 16.6. The van der Waals surface area contributed by atoms with Gasteiger partial charge in [0.1, 0.15) is 0 Å². The van der Waals surface area contributed by atoms with Gasteiger partial charge in [-0.25, -0.2) is 0 Å². The zero-order valence-corrected chi connectivity index (χ0v) is 37.3. The van der Waals surface area contributed by atoms with Crippen LogP contribution in [-0.2, 0) is 0 Å². The van der Waals surface area contributed by atoms with Gasteiger partial charge in [-0.2, -0.15) is 0 Å². The van der Waals surface area contributed by atoms with E-state index in [9.17, 15) is 0 Å². The quantitative estimate of drug-likeness (QED) is 0.138. The number of hydrogen-bond donors (Lipinski definition) is 0. The normalized spacial score (nSPS) is 11.5. The van der Waals surface area contributed by atoms with Crippen LogP contribution in [0.15, 0.2) is 267 Å². The van der Waals surface area contributed by atoms with Crippen molar-refractivity contribution in [3.63, 3.8) is 0 Å². The molecule has 12 aromatic carbocycles. The molecule has 0 amide bonds. The van der Waals surface area contributed by atoms with Gasteiger partial charge >= 0.3 is 0 Å². The molecule has 0 unspecified atom stereocenters. The highest BCUT2D eigenvalue weighted by Gasteiger charge is 2.22. The molecular formula is C66H44N2. The van der Waals surface area contributed by atoms with Gasteiger partial charge in [-0.05, 0) is 138 Å². The zero-order chi connectivity index (χ0) is 45.0.